The summed E-state index contributed by atoms with van der Waals surface area (Å²) in [6.45, 7) is 6.41. The number of nitrogens with zero attached hydrogens (tertiary/aromatic N) is 3. The summed E-state index contributed by atoms with van der Waals surface area (Å²) < 4.78 is 6.72. The first-order valence-corrected chi connectivity index (χ1v) is 4.00. The predicted molar refractivity (Wildman–Crippen MR) is 46.0 cm³/mol. The Kier molecular flexibility index (Phi) is 2.52. The molecular formula is C7H14N4O. The molecule has 0 saturated carbocycles. The summed E-state index contributed by atoms with van der Waals surface area (Å²) >= 11 is 0. The Bertz CT molecular complexity index is 256. The van der Waals surface area contributed by atoms with Crippen LogP contribution in [0.15, 0.2) is 0 Å². The molecule has 0 atom stereocenters. The maximum absolute atomic E-state index is 5.58. The molecular weight excluding hydrogens is 156 g/mol. The second kappa shape index (κ2) is 3.42. The lowest BCUT2D eigenvalue weighted by Crippen LogP contribution is -2.07. The molecule has 0 aromatic carbocycles. The third-order valence-electron chi connectivity index (χ3n) is 1.40. The van der Waals surface area contributed by atoms with Gasteiger partial charge in [-0.1, -0.05) is 0 Å². The van der Waals surface area contributed by atoms with E-state index in [0.29, 0.717) is 18.6 Å². The fourth-order valence-corrected chi connectivity index (χ4v) is 0.885. The van der Waals surface area contributed by atoms with Gasteiger partial charge in [-0.05, 0) is 20.8 Å². The Morgan fingerprint density at radius 2 is 2.25 bits per heavy atom. The molecule has 0 aliphatic heterocycles. The maximum Gasteiger partial charge on any atom is 0.337 e. The number of aromatic nitrogens is 3. The molecule has 5 heteroatoms. The van der Waals surface area contributed by atoms with Crippen LogP contribution in [0.4, 0.5) is 5.95 Å². The lowest BCUT2D eigenvalue weighted by molar-refractivity contribution is 0.308. The van der Waals surface area contributed by atoms with E-state index < -0.39 is 0 Å². The number of ether oxygens (including phenoxy) is 1. The van der Waals surface area contributed by atoms with Gasteiger partial charge in [-0.3, -0.25) is 0 Å². The van der Waals surface area contributed by atoms with Crippen LogP contribution < -0.4 is 10.5 Å². The quantitative estimate of drug-likeness (QED) is 0.730. The van der Waals surface area contributed by atoms with E-state index >= 15 is 0 Å². The van der Waals surface area contributed by atoms with Crippen molar-refractivity contribution in [2.45, 2.75) is 26.8 Å². The van der Waals surface area contributed by atoms with E-state index in [0.717, 1.165) is 0 Å². The fourth-order valence-electron chi connectivity index (χ4n) is 0.885. The molecule has 1 heterocycles. The Labute approximate surface area is 71.5 Å². The van der Waals surface area contributed by atoms with E-state index in [1.54, 1.807) is 4.68 Å². The molecule has 0 aliphatic rings. The van der Waals surface area contributed by atoms with Gasteiger partial charge in [0.05, 0.1) is 12.6 Å². The SMILES string of the molecule is CCOc1nc(N)n(C(C)C)n1. The highest BCUT2D eigenvalue weighted by Crippen LogP contribution is 2.12. The van der Waals surface area contributed by atoms with Gasteiger partial charge in [0.15, 0.2) is 0 Å². The van der Waals surface area contributed by atoms with E-state index in [4.69, 9.17) is 10.5 Å². The molecule has 1 aromatic rings. The first-order chi connectivity index (χ1) is 5.65. The average Bonchev–Trinajstić information content (AvgIpc) is 2.32. The number of anilines is 1. The van der Waals surface area contributed by atoms with Crippen molar-refractivity contribution in [1.82, 2.24) is 14.8 Å². The number of hydrogen-bond acceptors (Lipinski definition) is 4. The summed E-state index contributed by atoms with van der Waals surface area (Å²) in [5.74, 6) is 0.397. The molecule has 0 spiro atoms. The van der Waals surface area contributed by atoms with E-state index in [-0.39, 0.29) is 6.04 Å². The van der Waals surface area contributed by atoms with E-state index in [9.17, 15) is 0 Å². The van der Waals surface area contributed by atoms with Crippen molar-refractivity contribution in [1.29, 1.82) is 0 Å². The van der Waals surface area contributed by atoms with Gasteiger partial charge in [-0.15, -0.1) is 5.10 Å². The number of nitrogen functional groups attached to an aromatic ring is 1. The zero-order chi connectivity index (χ0) is 9.14. The van der Waals surface area contributed by atoms with E-state index in [1.165, 1.54) is 0 Å². The zero-order valence-corrected chi connectivity index (χ0v) is 7.61. The highest BCUT2D eigenvalue weighted by molar-refractivity contribution is 5.18. The topological polar surface area (TPSA) is 66.0 Å². The third-order valence-corrected chi connectivity index (χ3v) is 1.40. The second-order valence-electron chi connectivity index (χ2n) is 2.72. The van der Waals surface area contributed by atoms with Crippen molar-refractivity contribution in [3.63, 3.8) is 0 Å². The fraction of sp³-hybridized carbons (Fsp3) is 0.714. The van der Waals surface area contributed by atoms with Crippen LogP contribution in [0.3, 0.4) is 0 Å². The van der Waals surface area contributed by atoms with Crippen LogP contribution in [0.2, 0.25) is 0 Å². The standard InChI is InChI=1S/C7H14N4O/c1-4-12-7-9-6(8)11(10-7)5(2)3/h5H,4H2,1-3H3,(H2,8,9,10). The first kappa shape index (κ1) is 8.83. The van der Waals surface area contributed by atoms with Gasteiger partial charge in [0, 0.05) is 0 Å². The van der Waals surface area contributed by atoms with Crippen molar-refractivity contribution in [2.75, 3.05) is 12.3 Å². The monoisotopic (exact) mass is 170 g/mol. The molecule has 0 unspecified atom stereocenters. The minimum Gasteiger partial charge on any atom is -0.463 e. The molecule has 68 valence electrons. The predicted octanol–water partition coefficient (Wildman–Crippen LogP) is 0.840. The van der Waals surface area contributed by atoms with Gasteiger partial charge in [0.1, 0.15) is 0 Å². The molecule has 0 aliphatic carbocycles. The smallest absolute Gasteiger partial charge is 0.337 e. The zero-order valence-electron chi connectivity index (χ0n) is 7.61. The van der Waals surface area contributed by atoms with Crippen molar-refractivity contribution in [2.24, 2.45) is 0 Å². The molecule has 2 N–H and O–H groups in total. The summed E-state index contributed by atoms with van der Waals surface area (Å²) in [7, 11) is 0. The molecule has 0 fully saturated rings. The highest BCUT2D eigenvalue weighted by atomic mass is 16.5. The summed E-state index contributed by atoms with van der Waals surface area (Å²) in [5, 5.41) is 4.06. The van der Waals surface area contributed by atoms with Crippen molar-refractivity contribution in [3.8, 4) is 6.01 Å². The normalized spacial score (nSPS) is 10.7. The minimum absolute atomic E-state index is 0.215. The lowest BCUT2D eigenvalue weighted by atomic mass is 10.4. The van der Waals surface area contributed by atoms with Gasteiger partial charge in [0.25, 0.3) is 0 Å². The van der Waals surface area contributed by atoms with Crippen LogP contribution in [0.5, 0.6) is 6.01 Å². The Morgan fingerprint density at radius 3 is 2.67 bits per heavy atom. The van der Waals surface area contributed by atoms with Crippen molar-refractivity contribution < 1.29 is 4.74 Å². The van der Waals surface area contributed by atoms with Gasteiger partial charge in [-0.2, -0.15) is 4.98 Å². The van der Waals surface area contributed by atoms with Crippen molar-refractivity contribution >= 4 is 5.95 Å². The van der Waals surface area contributed by atoms with Gasteiger partial charge < -0.3 is 10.5 Å². The maximum atomic E-state index is 5.58. The summed E-state index contributed by atoms with van der Waals surface area (Å²) in [5.41, 5.74) is 5.58. The molecule has 0 radical (unpaired) electrons. The average molecular weight is 170 g/mol. The Hall–Kier alpha value is -1.26. The van der Waals surface area contributed by atoms with Crippen LogP contribution in [-0.4, -0.2) is 21.4 Å². The van der Waals surface area contributed by atoms with Crippen LogP contribution >= 0.6 is 0 Å². The third kappa shape index (κ3) is 1.66. The molecule has 1 aromatic heterocycles. The first-order valence-electron chi connectivity index (χ1n) is 4.00. The summed E-state index contributed by atoms with van der Waals surface area (Å²) in [4.78, 5) is 3.93. The molecule has 0 amide bonds. The number of nitrogens with two attached hydrogens (primary N) is 1. The molecule has 1 rings (SSSR count). The Balaban J connectivity index is 2.85. The minimum atomic E-state index is 0.215. The van der Waals surface area contributed by atoms with E-state index in [1.807, 2.05) is 20.8 Å². The Morgan fingerprint density at radius 1 is 1.58 bits per heavy atom. The van der Waals surface area contributed by atoms with Gasteiger partial charge in [0.2, 0.25) is 5.95 Å². The molecule has 12 heavy (non-hydrogen) atoms. The number of hydrogen-bond donors (Lipinski definition) is 1. The van der Waals surface area contributed by atoms with E-state index in [2.05, 4.69) is 10.1 Å². The lowest BCUT2D eigenvalue weighted by Gasteiger charge is -2.04. The summed E-state index contributed by atoms with van der Waals surface area (Å²) in [6.07, 6.45) is 0. The molecule has 5 nitrogen and oxygen atoms in total. The van der Waals surface area contributed by atoms with Crippen LogP contribution in [0, 0.1) is 0 Å². The van der Waals surface area contributed by atoms with Gasteiger partial charge in [-0.25, -0.2) is 4.68 Å². The number of rotatable bonds is 3. The van der Waals surface area contributed by atoms with Crippen LogP contribution in [0.1, 0.15) is 26.8 Å². The second-order valence-corrected chi connectivity index (χ2v) is 2.72. The van der Waals surface area contributed by atoms with Gasteiger partial charge >= 0.3 is 6.01 Å². The van der Waals surface area contributed by atoms with Crippen LogP contribution in [-0.2, 0) is 0 Å². The highest BCUT2D eigenvalue weighted by Gasteiger charge is 2.09. The largest absolute Gasteiger partial charge is 0.463 e. The van der Waals surface area contributed by atoms with Crippen LogP contribution in [0.25, 0.3) is 0 Å². The molecule has 0 bridgehead atoms. The molecule has 0 saturated heterocycles. The van der Waals surface area contributed by atoms with Crippen molar-refractivity contribution in [3.05, 3.63) is 0 Å². The summed E-state index contributed by atoms with van der Waals surface area (Å²) in [6, 6.07) is 0.565.